The van der Waals surface area contributed by atoms with Gasteiger partial charge in [0.2, 0.25) is 0 Å². The average Bonchev–Trinajstić information content (AvgIpc) is 3.71. The predicted molar refractivity (Wildman–Crippen MR) is 216 cm³/mol. The van der Waals surface area contributed by atoms with Crippen LogP contribution in [0.1, 0.15) is 0 Å². The molecule has 10 aromatic rings. The molecular formula is C47H32N4O2. The largest absolute Gasteiger partial charge is 0.456 e. The number of benzene rings is 7. The third-order valence-corrected chi connectivity index (χ3v) is 10.4. The molecule has 0 N–H and O–H groups in total. The highest BCUT2D eigenvalue weighted by Gasteiger charge is 2.15. The highest BCUT2D eigenvalue weighted by molar-refractivity contribution is 6.19. The van der Waals surface area contributed by atoms with Gasteiger partial charge < -0.3 is 4.42 Å². The van der Waals surface area contributed by atoms with Crippen LogP contribution in [0, 0.1) is 0 Å². The number of rotatable bonds is 5. The van der Waals surface area contributed by atoms with E-state index in [0.717, 1.165) is 83.3 Å². The number of fused-ring (bicyclic) bond motifs is 6. The molecule has 0 aliphatic carbocycles. The fourth-order valence-electron chi connectivity index (χ4n) is 7.56. The zero-order valence-corrected chi connectivity index (χ0v) is 29.1. The van der Waals surface area contributed by atoms with Gasteiger partial charge >= 0.3 is 5.69 Å². The summed E-state index contributed by atoms with van der Waals surface area (Å²) in [5, 5.41) is 4.63. The maximum Gasteiger partial charge on any atom is 0.328 e. The van der Waals surface area contributed by atoms with Gasteiger partial charge in [0.15, 0.2) is 5.82 Å². The first-order chi connectivity index (χ1) is 26.0. The van der Waals surface area contributed by atoms with Gasteiger partial charge in [-0.05, 0) is 75.5 Å². The molecule has 6 nitrogen and oxygen atoms in total. The summed E-state index contributed by atoms with van der Waals surface area (Å²) in [7, 11) is 3.61. The van der Waals surface area contributed by atoms with Crippen molar-refractivity contribution in [1.29, 1.82) is 0 Å². The van der Waals surface area contributed by atoms with Crippen LogP contribution in [-0.2, 0) is 14.1 Å². The first-order valence-electron chi connectivity index (χ1n) is 17.6. The second-order valence-corrected chi connectivity index (χ2v) is 13.6. The minimum Gasteiger partial charge on any atom is -0.456 e. The molecule has 0 radical (unpaired) electrons. The fraction of sp³-hybridized carbons (Fsp3) is 0.0426. The number of hydrogen-bond acceptors (Lipinski definition) is 4. The normalized spacial score (nSPS) is 11.7. The lowest BCUT2D eigenvalue weighted by Gasteiger charge is -2.11. The van der Waals surface area contributed by atoms with Crippen LogP contribution in [-0.4, -0.2) is 19.1 Å². The predicted octanol–water partition coefficient (Wildman–Crippen LogP) is 11.1. The highest BCUT2D eigenvalue weighted by atomic mass is 16.3. The van der Waals surface area contributed by atoms with Crippen LogP contribution >= 0.6 is 0 Å². The summed E-state index contributed by atoms with van der Waals surface area (Å²) in [6.07, 6.45) is 0. The molecule has 3 aromatic heterocycles. The maximum absolute atomic E-state index is 12.5. The van der Waals surface area contributed by atoms with Crippen molar-refractivity contribution in [3.8, 4) is 56.2 Å². The summed E-state index contributed by atoms with van der Waals surface area (Å²) in [6.45, 7) is 0. The second kappa shape index (κ2) is 12.0. The standard InChI is InChI=1S/C47H32N4O2/c1-50-41-22-19-35(27-42(41)51(2)47(50)52)29-15-17-31(18-16-29)39-28-40(49-46(48-39)32-10-4-3-5-11-32)36-13-8-12-33(25-36)34-21-23-43-38(26-34)45-37-14-7-6-9-30(37)20-24-44(45)53-43/h3-28H,1-2H3. The molecule has 7 aromatic carbocycles. The average molecular weight is 685 g/mol. The van der Waals surface area contributed by atoms with Gasteiger partial charge in [-0.25, -0.2) is 14.8 Å². The number of nitrogens with zero attached hydrogens (tertiary/aromatic N) is 4. The maximum atomic E-state index is 12.5. The van der Waals surface area contributed by atoms with Crippen molar-refractivity contribution in [1.82, 2.24) is 19.1 Å². The van der Waals surface area contributed by atoms with E-state index in [1.54, 1.807) is 16.2 Å². The molecule has 0 aliphatic rings. The van der Waals surface area contributed by atoms with Crippen LogP contribution in [0.15, 0.2) is 167 Å². The van der Waals surface area contributed by atoms with Crippen LogP contribution in [0.25, 0.3) is 99.9 Å². The quantitative estimate of drug-likeness (QED) is 0.181. The van der Waals surface area contributed by atoms with Crippen LogP contribution in [0.5, 0.6) is 0 Å². The van der Waals surface area contributed by atoms with Crippen molar-refractivity contribution >= 4 is 43.7 Å². The Morgan fingerprint density at radius 3 is 1.92 bits per heavy atom. The molecule has 0 saturated carbocycles. The summed E-state index contributed by atoms with van der Waals surface area (Å²) >= 11 is 0. The van der Waals surface area contributed by atoms with Crippen molar-refractivity contribution in [3.63, 3.8) is 0 Å². The molecule has 0 atom stereocenters. The van der Waals surface area contributed by atoms with E-state index in [0.29, 0.717) is 5.82 Å². The Kier molecular flexibility index (Phi) is 6.98. The zero-order chi connectivity index (χ0) is 35.6. The van der Waals surface area contributed by atoms with Gasteiger partial charge in [0.1, 0.15) is 11.2 Å². The number of aromatic nitrogens is 4. The molecule has 3 heterocycles. The third kappa shape index (κ3) is 5.15. The molecule has 0 fully saturated rings. The minimum atomic E-state index is -0.0341. The van der Waals surface area contributed by atoms with Gasteiger partial charge in [-0.3, -0.25) is 9.13 Å². The third-order valence-electron chi connectivity index (χ3n) is 10.4. The molecule has 10 rings (SSSR count). The van der Waals surface area contributed by atoms with Crippen molar-refractivity contribution in [2.24, 2.45) is 14.1 Å². The molecular weight excluding hydrogens is 653 g/mol. The second-order valence-electron chi connectivity index (χ2n) is 13.6. The Morgan fingerprint density at radius 1 is 0.453 bits per heavy atom. The Balaban J connectivity index is 1.06. The van der Waals surface area contributed by atoms with Gasteiger partial charge in [-0.2, -0.15) is 0 Å². The Bertz CT molecular complexity index is 3100. The summed E-state index contributed by atoms with van der Waals surface area (Å²) in [4.78, 5) is 22.7. The zero-order valence-electron chi connectivity index (χ0n) is 29.1. The Hall–Kier alpha value is -7.05. The minimum absolute atomic E-state index is 0.0341. The summed E-state index contributed by atoms with van der Waals surface area (Å²) in [6, 6.07) is 54.4. The van der Waals surface area contributed by atoms with Crippen LogP contribution in [0.2, 0.25) is 0 Å². The van der Waals surface area contributed by atoms with Gasteiger partial charge in [0.05, 0.1) is 22.4 Å². The number of aryl methyl sites for hydroxylation is 2. The van der Waals surface area contributed by atoms with Crippen molar-refractivity contribution in [3.05, 3.63) is 168 Å². The first kappa shape index (κ1) is 30.7. The Morgan fingerprint density at radius 2 is 1.08 bits per heavy atom. The SMILES string of the molecule is Cn1c(=O)n(C)c2cc(-c3ccc(-c4cc(-c5cccc(-c6ccc7oc8ccc9ccccc9c8c7c6)c5)nc(-c5ccccc5)n4)cc3)ccc21. The lowest BCUT2D eigenvalue weighted by molar-refractivity contribution is 0.669. The first-order valence-corrected chi connectivity index (χ1v) is 17.6. The van der Waals surface area contributed by atoms with Crippen molar-refractivity contribution < 1.29 is 4.42 Å². The van der Waals surface area contributed by atoms with E-state index < -0.39 is 0 Å². The van der Waals surface area contributed by atoms with Crippen molar-refractivity contribution in [2.75, 3.05) is 0 Å². The molecule has 0 unspecified atom stereocenters. The van der Waals surface area contributed by atoms with Crippen LogP contribution in [0.4, 0.5) is 0 Å². The van der Waals surface area contributed by atoms with Gasteiger partial charge in [-0.1, -0.05) is 115 Å². The molecule has 0 saturated heterocycles. The highest BCUT2D eigenvalue weighted by Crippen LogP contribution is 2.38. The summed E-state index contributed by atoms with van der Waals surface area (Å²) in [5.74, 6) is 0.668. The van der Waals surface area contributed by atoms with Crippen LogP contribution < -0.4 is 5.69 Å². The summed E-state index contributed by atoms with van der Waals surface area (Å²) < 4.78 is 9.65. The van der Waals surface area contributed by atoms with Gasteiger partial charge in [0.25, 0.3) is 0 Å². The number of imidazole rings is 1. The lowest BCUT2D eigenvalue weighted by atomic mass is 9.97. The monoisotopic (exact) mass is 684 g/mol. The number of hydrogen-bond donors (Lipinski definition) is 0. The topological polar surface area (TPSA) is 65.8 Å². The molecule has 53 heavy (non-hydrogen) atoms. The fourth-order valence-corrected chi connectivity index (χ4v) is 7.56. The van der Waals surface area contributed by atoms with Crippen molar-refractivity contribution in [2.45, 2.75) is 0 Å². The Labute approximate surface area is 304 Å². The number of furan rings is 1. The van der Waals surface area contributed by atoms with E-state index >= 15 is 0 Å². The lowest BCUT2D eigenvalue weighted by Crippen LogP contribution is -2.19. The molecule has 0 bridgehead atoms. The molecule has 6 heteroatoms. The molecule has 0 spiro atoms. The van der Waals surface area contributed by atoms with E-state index in [-0.39, 0.29) is 5.69 Å². The van der Waals surface area contributed by atoms with E-state index in [1.165, 1.54) is 10.8 Å². The van der Waals surface area contributed by atoms with Gasteiger partial charge in [-0.15, -0.1) is 0 Å². The van der Waals surface area contributed by atoms with Crippen LogP contribution in [0.3, 0.4) is 0 Å². The smallest absolute Gasteiger partial charge is 0.328 e. The van der Waals surface area contributed by atoms with E-state index in [4.69, 9.17) is 14.4 Å². The molecule has 0 aliphatic heterocycles. The molecule has 0 amide bonds. The van der Waals surface area contributed by atoms with E-state index in [9.17, 15) is 4.79 Å². The summed E-state index contributed by atoms with van der Waals surface area (Å²) in [5.41, 5.74) is 12.5. The van der Waals surface area contributed by atoms with E-state index in [1.807, 2.05) is 43.4 Å². The van der Waals surface area contributed by atoms with E-state index in [2.05, 4.69) is 121 Å². The molecule has 252 valence electrons. The van der Waals surface area contributed by atoms with Gasteiger partial charge in [0, 0.05) is 41.6 Å².